The van der Waals surface area contributed by atoms with E-state index in [-0.39, 0.29) is 24.4 Å². The molecule has 1 fully saturated rings. The van der Waals surface area contributed by atoms with Crippen LogP contribution in [0.1, 0.15) is 13.3 Å². The second-order valence-electron chi connectivity index (χ2n) is 5.23. The Kier molecular flexibility index (Phi) is 5.10. The molecule has 2 amide bonds. The average molecular weight is 257 g/mol. The van der Waals surface area contributed by atoms with Gasteiger partial charge in [-0.05, 0) is 20.5 Å². The predicted molar refractivity (Wildman–Crippen MR) is 68.0 cm³/mol. The minimum absolute atomic E-state index is 0.0304. The third-order valence-electron chi connectivity index (χ3n) is 3.20. The van der Waals surface area contributed by atoms with Crippen LogP contribution in [-0.4, -0.2) is 84.5 Å². The quantitative estimate of drug-likeness (QED) is 0.701. The van der Waals surface area contributed by atoms with E-state index >= 15 is 0 Å². The Hall–Kier alpha value is -1.14. The molecule has 0 bridgehead atoms. The van der Waals surface area contributed by atoms with Crippen molar-refractivity contribution in [2.45, 2.75) is 25.5 Å². The largest absolute Gasteiger partial charge is 0.391 e. The standard InChI is InChI=1S/C12H23N3O3/c1-9(16)14(4)8-12(18)15-7-11(17)5-10(15)6-13(2)3/h10-11,17H,5-8H2,1-4H3. The van der Waals surface area contributed by atoms with E-state index in [1.165, 1.54) is 11.8 Å². The van der Waals surface area contributed by atoms with Crippen LogP contribution in [0.15, 0.2) is 0 Å². The monoisotopic (exact) mass is 257 g/mol. The maximum Gasteiger partial charge on any atom is 0.242 e. The molecule has 18 heavy (non-hydrogen) atoms. The van der Waals surface area contributed by atoms with Gasteiger partial charge in [-0.2, -0.15) is 0 Å². The lowest BCUT2D eigenvalue weighted by Crippen LogP contribution is -2.46. The number of nitrogens with zero attached hydrogens (tertiary/aromatic N) is 3. The molecule has 1 saturated heterocycles. The normalized spacial score (nSPS) is 23.6. The van der Waals surface area contributed by atoms with Gasteiger partial charge in [-0.15, -0.1) is 0 Å². The SMILES string of the molecule is CC(=O)N(C)CC(=O)N1CC(O)CC1CN(C)C. The van der Waals surface area contributed by atoms with Crippen LogP contribution in [-0.2, 0) is 9.59 Å². The first-order chi connectivity index (χ1) is 8.31. The summed E-state index contributed by atoms with van der Waals surface area (Å²) in [5, 5.41) is 9.68. The summed E-state index contributed by atoms with van der Waals surface area (Å²) < 4.78 is 0. The summed E-state index contributed by atoms with van der Waals surface area (Å²) >= 11 is 0. The Morgan fingerprint density at radius 3 is 2.44 bits per heavy atom. The number of carbonyl (C=O) groups is 2. The van der Waals surface area contributed by atoms with Crippen molar-refractivity contribution >= 4 is 11.8 Å². The molecule has 1 N–H and O–H groups in total. The van der Waals surface area contributed by atoms with Gasteiger partial charge >= 0.3 is 0 Å². The number of amides is 2. The van der Waals surface area contributed by atoms with Crippen LogP contribution in [0.25, 0.3) is 0 Å². The van der Waals surface area contributed by atoms with Gasteiger partial charge in [-0.25, -0.2) is 0 Å². The lowest BCUT2D eigenvalue weighted by molar-refractivity contribution is -0.139. The van der Waals surface area contributed by atoms with Gasteiger partial charge in [-0.3, -0.25) is 9.59 Å². The minimum atomic E-state index is -0.457. The topological polar surface area (TPSA) is 64.1 Å². The number of rotatable bonds is 4. The van der Waals surface area contributed by atoms with Gasteiger partial charge in [0.1, 0.15) is 0 Å². The molecule has 2 unspecified atom stereocenters. The van der Waals surface area contributed by atoms with Crippen molar-refractivity contribution in [3.8, 4) is 0 Å². The zero-order chi connectivity index (χ0) is 13.9. The first-order valence-corrected chi connectivity index (χ1v) is 6.15. The number of β-amino-alcohol motifs (C(OH)–C–C–N with tert-alkyl or cyclic N) is 1. The Balaban J connectivity index is 2.61. The number of aliphatic hydroxyl groups is 1. The fraction of sp³-hybridized carbons (Fsp3) is 0.833. The Morgan fingerprint density at radius 1 is 1.33 bits per heavy atom. The number of hydrogen-bond acceptors (Lipinski definition) is 4. The van der Waals surface area contributed by atoms with Crippen molar-refractivity contribution in [1.82, 2.24) is 14.7 Å². The summed E-state index contributed by atoms with van der Waals surface area (Å²) in [6, 6.07) is 0.0304. The Morgan fingerprint density at radius 2 is 1.94 bits per heavy atom. The highest BCUT2D eigenvalue weighted by Gasteiger charge is 2.34. The van der Waals surface area contributed by atoms with E-state index in [1.54, 1.807) is 11.9 Å². The van der Waals surface area contributed by atoms with E-state index in [9.17, 15) is 14.7 Å². The van der Waals surface area contributed by atoms with Crippen LogP contribution >= 0.6 is 0 Å². The van der Waals surface area contributed by atoms with Crippen molar-refractivity contribution < 1.29 is 14.7 Å². The molecular weight excluding hydrogens is 234 g/mol. The molecule has 1 aliphatic heterocycles. The Bertz CT molecular complexity index is 320. The van der Waals surface area contributed by atoms with Gasteiger partial charge in [0, 0.05) is 33.1 Å². The molecule has 1 rings (SSSR count). The van der Waals surface area contributed by atoms with Gasteiger partial charge in [0.05, 0.1) is 12.6 Å². The summed E-state index contributed by atoms with van der Waals surface area (Å²) in [7, 11) is 5.48. The van der Waals surface area contributed by atoms with Crippen LogP contribution in [0.5, 0.6) is 0 Å². The molecule has 0 aliphatic carbocycles. The molecule has 0 spiro atoms. The van der Waals surface area contributed by atoms with Crippen molar-refractivity contribution in [3.63, 3.8) is 0 Å². The number of likely N-dealkylation sites (N-methyl/N-ethyl adjacent to an activating group) is 2. The lowest BCUT2D eigenvalue weighted by atomic mass is 10.2. The van der Waals surface area contributed by atoms with E-state index in [0.29, 0.717) is 13.0 Å². The molecule has 0 saturated carbocycles. The third kappa shape index (κ3) is 3.96. The number of carbonyl (C=O) groups excluding carboxylic acids is 2. The van der Waals surface area contributed by atoms with Crippen LogP contribution in [0, 0.1) is 0 Å². The van der Waals surface area contributed by atoms with Gasteiger partial charge in [0.2, 0.25) is 11.8 Å². The second-order valence-corrected chi connectivity index (χ2v) is 5.23. The van der Waals surface area contributed by atoms with Gasteiger partial charge in [0.25, 0.3) is 0 Å². The average Bonchev–Trinajstić information content (AvgIpc) is 2.58. The second kappa shape index (κ2) is 6.15. The molecule has 104 valence electrons. The summed E-state index contributed by atoms with van der Waals surface area (Å²) in [4.78, 5) is 28.3. The number of likely N-dealkylation sites (tertiary alicyclic amines) is 1. The fourth-order valence-electron chi connectivity index (χ4n) is 2.20. The van der Waals surface area contributed by atoms with E-state index < -0.39 is 6.10 Å². The molecular formula is C12H23N3O3. The first-order valence-electron chi connectivity index (χ1n) is 6.15. The molecule has 1 heterocycles. The van der Waals surface area contributed by atoms with Crippen LogP contribution in [0.2, 0.25) is 0 Å². The highest BCUT2D eigenvalue weighted by molar-refractivity contribution is 5.84. The molecule has 0 aromatic carbocycles. The first kappa shape index (κ1) is 14.9. The summed E-state index contributed by atoms with van der Waals surface area (Å²) in [6.45, 7) is 2.60. The van der Waals surface area contributed by atoms with E-state index in [1.807, 2.05) is 19.0 Å². The summed E-state index contributed by atoms with van der Waals surface area (Å²) in [5.41, 5.74) is 0. The summed E-state index contributed by atoms with van der Waals surface area (Å²) in [6.07, 6.45) is 0.148. The number of aliphatic hydroxyl groups excluding tert-OH is 1. The maximum atomic E-state index is 12.1. The molecule has 6 heteroatoms. The summed E-state index contributed by atoms with van der Waals surface area (Å²) in [5.74, 6) is -0.233. The van der Waals surface area contributed by atoms with Crippen LogP contribution < -0.4 is 0 Å². The highest BCUT2D eigenvalue weighted by Crippen LogP contribution is 2.18. The number of hydrogen-bond donors (Lipinski definition) is 1. The molecule has 2 atom stereocenters. The van der Waals surface area contributed by atoms with Gasteiger partial charge in [0.15, 0.2) is 0 Å². The Labute approximate surface area is 108 Å². The molecule has 0 radical (unpaired) electrons. The zero-order valence-electron chi connectivity index (χ0n) is 11.6. The van der Waals surface area contributed by atoms with Gasteiger partial charge < -0.3 is 19.8 Å². The fourth-order valence-corrected chi connectivity index (χ4v) is 2.20. The minimum Gasteiger partial charge on any atom is -0.391 e. The van der Waals surface area contributed by atoms with E-state index in [2.05, 4.69) is 0 Å². The van der Waals surface area contributed by atoms with E-state index in [0.717, 1.165) is 6.54 Å². The van der Waals surface area contributed by atoms with Gasteiger partial charge in [-0.1, -0.05) is 0 Å². The van der Waals surface area contributed by atoms with E-state index in [4.69, 9.17) is 0 Å². The molecule has 0 aromatic rings. The molecule has 1 aliphatic rings. The molecule has 6 nitrogen and oxygen atoms in total. The third-order valence-corrected chi connectivity index (χ3v) is 3.20. The maximum absolute atomic E-state index is 12.1. The zero-order valence-corrected chi connectivity index (χ0v) is 11.6. The van der Waals surface area contributed by atoms with Crippen molar-refractivity contribution in [2.24, 2.45) is 0 Å². The lowest BCUT2D eigenvalue weighted by Gasteiger charge is -2.28. The van der Waals surface area contributed by atoms with Crippen molar-refractivity contribution in [3.05, 3.63) is 0 Å². The molecule has 0 aromatic heterocycles. The van der Waals surface area contributed by atoms with Crippen molar-refractivity contribution in [2.75, 3.05) is 40.8 Å². The highest BCUT2D eigenvalue weighted by atomic mass is 16.3. The smallest absolute Gasteiger partial charge is 0.242 e. The van der Waals surface area contributed by atoms with Crippen molar-refractivity contribution in [1.29, 1.82) is 0 Å². The van der Waals surface area contributed by atoms with Crippen LogP contribution in [0.3, 0.4) is 0 Å². The van der Waals surface area contributed by atoms with Crippen LogP contribution in [0.4, 0.5) is 0 Å². The predicted octanol–water partition coefficient (Wildman–Crippen LogP) is -1.01.